The van der Waals surface area contributed by atoms with Gasteiger partial charge in [0.05, 0.1) is 12.7 Å². The molecule has 0 unspecified atom stereocenters. The molecule has 0 radical (unpaired) electrons. The Morgan fingerprint density at radius 1 is 1.33 bits per heavy atom. The van der Waals surface area contributed by atoms with Gasteiger partial charge in [0.2, 0.25) is 10.0 Å². The third-order valence-corrected chi connectivity index (χ3v) is 4.64. The highest BCUT2D eigenvalue weighted by atomic mass is 32.2. The zero-order chi connectivity index (χ0) is 16.4. The summed E-state index contributed by atoms with van der Waals surface area (Å²) in [6.45, 7) is 6.14. The maximum atomic E-state index is 12.6. The van der Waals surface area contributed by atoms with Gasteiger partial charge in [-0.05, 0) is 23.6 Å². The van der Waals surface area contributed by atoms with Gasteiger partial charge in [-0.3, -0.25) is 0 Å². The van der Waals surface area contributed by atoms with Crippen LogP contribution < -0.4 is 4.74 Å². The molecule has 6 nitrogen and oxygen atoms in total. The molecule has 0 aliphatic carbocycles. The van der Waals surface area contributed by atoms with Crippen LogP contribution in [0.4, 0.5) is 0 Å². The molecular formula is C14H21NO5S. The summed E-state index contributed by atoms with van der Waals surface area (Å²) >= 11 is 0. The molecule has 0 spiro atoms. The lowest BCUT2D eigenvalue weighted by Crippen LogP contribution is -2.34. The molecule has 0 bridgehead atoms. The Morgan fingerprint density at radius 2 is 1.90 bits per heavy atom. The first-order valence-electron chi connectivity index (χ1n) is 6.37. The van der Waals surface area contributed by atoms with Crippen LogP contribution in [0, 0.1) is 5.41 Å². The monoisotopic (exact) mass is 315 g/mol. The molecule has 1 aromatic rings. The molecule has 118 valence electrons. The van der Waals surface area contributed by atoms with Crippen molar-refractivity contribution >= 4 is 16.0 Å². The van der Waals surface area contributed by atoms with E-state index in [-0.39, 0.29) is 21.6 Å². The van der Waals surface area contributed by atoms with Crippen LogP contribution in [0.3, 0.4) is 0 Å². The van der Waals surface area contributed by atoms with Crippen molar-refractivity contribution in [3.05, 3.63) is 23.8 Å². The summed E-state index contributed by atoms with van der Waals surface area (Å²) in [6.07, 6.45) is 0. The summed E-state index contributed by atoms with van der Waals surface area (Å²) in [7, 11) is -0.942. The van der Waals surface area contributed by atoms with Crippen LogP contribution in [-0.2, 0) is 10.0 Å². The van der Waals surface area contributed by atoms with Crippen molar-refractivity contribution in [2.45, 2.75) is 25.7 Å². The largest absolute Gasteiger partial charge is 0.495 e. The molecule has 1 N–H and O–H groups in total. The minimum Gasteiger partial charge on any atom is -0.495 e. The molecule has 1 aromatic carbocycles. The maximum absolute atomic E-state index is 12.6. The van der Waals surface area contributed by atoms with Crippen LogP contribution in [0.1, 0.15) is 31.1 Å². The van der Waals surface area contributed by atoms with Gasteiger partial charge in [0.25, 0.3) is 0 Å². The first kappa shape index (κ1) is 17.5. The van der Waals surface area contributed by atoms with Gasteiger partial charge in [0.15, 0.2) is 0 Å². The second-order valence-electron chi connectivity index (χ2n) is 5.99. The van der Waals surface area contributed by atoms with Crippen LogP contribution in [0.15, 0.2) is 23.1 Å². The highest BCUT2D eigenvalue weighted by molar-refractivity contribution is 7.89. The quantitative estimate of drug-likeness (QED) is 0.899. The molecule has 1 rings (SSSR count). The zero-order valence-electron chi connectivity index (χ0n) is 12.9. The summed E-state index contributed by atoms with van der Waals surface area (Å²) in [5, 5.41) is 8.95. The SMILES string of the molecule is COc1cc(C(=O)O)ccc1S(=O)(=O)N(C)CC(C)(C)C. The molecule has 7 heteroatoms. The van der Waals surface area contributed by atoms with Gasteiger partial charge in [-0.15, -0.1) is 0 Å². The average Bonchev–Trinajstić information content (AvgIpc) is 2.35. The number of benzene rings is 1. The minimum atomic E-state index is -3.74. The first-order valence-corrected chi connectivity index (χ1v) is 7.81. The standard InChI is InChI=1S/C14H21NO5S/c1-14(2,3)9-15(4)21(18,19)12-7-6-10(13(16)17)8-11(12)20-5/h6-8H,9H2,1-5H3,(H,16,17). The smallest absolute Gasteiger partial charge is 0.335 e. The number of nitrogens with zero attached hydrogens (tertiary/aromatic N) is 1. The Kier molecular flexibility index (Phi) is 5.01. The van der Waals surface area contributed by atoms with Gasteiger partial charge < -0.3 is 9.84 Å². The number of carbonyl (C=O) groups is 1. The predicted molar refractivity (Wildman–Crippen MR) is 79.2 cm³/mol. The van der Waals surface area contributed by atoms with E-state index in [1.54, 1.807) is 0 Å². The van der Waals surface area contributed by atoms with Gasteiger partial charge in [-0.2, -0.15) is 0 Å². The Balaban J connectivity index is 3.28. The van der Waals surface area contributed by atoms with Crippen molar-refractivity contribution in [2.75, 3.05) is 20.7 Å². The topological polar surface area (TPSA) is 83.9 Å². The summed E-state index contributed by atoms with van der Waals surface area (Å²) in [5.74, 6) is -1.11. The molecule has 0 aliphatic heterocycles. The van der Waals surface area contributed by atoms with Crippen LogP contribution in [0.2, 0.25) is 0 Å². The fraction of sp³-hybridized carbons (Fsp3) is 0.500. The Morgan fingerprint density at radius 3 is 2.33 bits per heavy atom. The second kappa shape index (κ2) is 6.03. The molecule has 0 amide bonds. The number of rotatable bonds is 5. The van der Waals surface area contributed by atoms with E-state index >= 15 is 0 Å². The second-order valence-corrected chi connectivity index (χ2v) is 8.01. The van der Waals surface area contributed by atoms with E-state index < -0.39 is 16.0 Å². The van der Waals surface area contributed by atoms with Crippen molar-refractivity contribution < 1.29 is 23.1 Å². The van der Waals surface area contributed by atoms with E-state index in [2.05, 4.69) is 0 Å². The number of carboxylic acid groups (broad SMARTS) is 1. The number of hydrogen-bond donors (Lipinski definition) is 1. The number of methoxy groups -OCH3 is 1. The lowest BCUT2D eigenvalue weighted by Gasteiger charge is -2.26. The number of aromatic carboxylic acids is 1. The number of carboxylic acids is 1. The molecule has 0 aliphatic rings. The first-order chi connectivity index (χ1) is 9.49. The molecule has 21 heavy (non-hydrogen) atoms. The summed E-state index contributed by atoms with van der Waals surface area (Å²) in [5.41, 5.74) is -0.222. The predicted octanol–water partition coefficient (Wildman–Crippen LogP) is 2.06. The Labute approximate surface area is 125 Å². The van der Waals surface area contributed by atoms with E-state index in [1.807, 2.05) is 20.8 Å². The highest BCUT2D eigenvalue weighted by Gasteiger charge is 2.28. The van der Waals surface area contributed by atoms with E-state index in [4.69, 9.17) is 9.84 Å². The van der Waals surface area contributed by atoms with Gasteiger partial charge in [-0.1, -0.05) is 20.8 Å². The summed E-state index contributed by atoms with van der Waals surface area (Å²) in [6, 6.07) is 3.72. The van der Waals surface area contributed by atoms with Gasteiger partial charge >= 0.3 is 5.97 Å². The van der Waals surface area contributed by atoms with Crippen molar-refractivity contribution in [2.24, 2.45) is 5.41 Å². The van der Waals surface area contributed by atoms with Crippen molar-refractivity contribution in [3.8, 4) is 5.75 Å². The number of ether oxygens (including phenoxy) is 1. The third kappa shape index (κ3) is 4.18. The number of sulfonamides is 1. The normalized spacial score (nSPS) is 12.5. The molecular weight excluding hydrogens is 294 g/mol. The van der Waals surface area contributed by atoms with Crippen molar-refractivity contribution in [1.29, 1.82) is 0 Å². The van der Waals surface area contributed by atoms with Gasteiger partial charge in [0.1, 0.15) is 10.6 Å². The average molecular weight is 315 g/mol. The lowest BCUT2D eigenvalue weighted by molar-refractivity contribution is 0.0696. The molecule has 0 fully saturated rings. The highest BCUT2D eigenvalue weighted by Crippen LogP contribution is 2.29. The lowest BCUT2D eigenvalue weighted by atomic mass is 9.97. The number of hydrogen-bond acceptors (Lipinski definition) is 4. The van der Waals surface area contributed by atoms with Crippen LogP contribution in [-0.4, -0.2) is 44.5 Å². The van der Waals surface area contributed by atoms with Crippen LogP contribution >= 0.6 is 0 Å². The Bertz CT molecular complexity index is 631. The van der Waals surface area contributed by atoms with Crippen molar-refractivity contribution in [3.63, 3.8) is 0 Å². The van der Waals surface area contributed by atoms with E-state index in [1.165, 1.54) is 36.7 Å². The Hall–Kier alpha value is -1.60. The summed E-state index contributed by atoms with van der Waals surface area (Å²) in [4.78, 5) is 10.9. The molecule has 0 atom stereocenters. The van der Waals surface area contributed by atoms with E-state index in [0.717, 1.165) is 0 Å². The molecule has 0 saturated heterocycles. The van der Waals surface area contributed by atoms with Gasteiger partial charge in [-0.25, -0.2) is 17.5 Å². The van der Waals surface area contributed by atoms with E-state index in [0.29, 0.717) is 6.54 Å². The van der Waals surface area contributed by atoms with Crippen molar-refractivity contribution in [1.82, 2.24) is 4.31 Å². The molecule has 0 aromatic heterocycles. The minimum absolute atomic E-state index is 0.0238. The third-order valence-electron chi connectivity index (χ3n) is 2.80. The maximum Gasteiger partial charge on any atom is 0.335 e. The molecule has 0 saturated carbocycles. The zero-order valence-corrected chi connectivity index (χ0v) is 13.7. The molecule has 0 heterocycles. The summed E-state index contributed by atoms with van der Waals surface area (Å²) < 4.78 is 31.4. The van der Waals surface area contributed by atoms with Crippen LogP contribution in [0.5, 0.6) is 5.75 Å². The van der Waals surface area contributed by atoms with Crippen LogP contribution in [0.25, 0.3) is 0 Å². The fourth-order valence-corrected chi connectivity index (χ4v) is 3.46. The fourth-order valence-electron chi connectivity index (χ4n) is 1.93. The van der Waals surface area contributed by atoms with E-state index in [9.17, 15) is 13.2 Å². The van der Waals surface area contributed by atoms with Gasteiger partial charge in [0, 0.05) is 13.6 Å².